The number of aromatic nitrogens is 1. The molecule has 1 aromatic heterocycles. The minimum Gasteiger partial charge on any atom is -0.493 e. The molecule has 1 saturated carbocycles. The molecule has 6 heteroatoms. The Morgan fingerprint density at radius 2 is 2.15 bits per heavy atom. The second kappa shape index (κ2) is 6.78. The smallest absolute Gasteiger partial charge is 0.132 e. The molecular weight excluding hydrogens is 328 g/mol. The van der Waals surface area contributed by atoms with Gasteiger partial charge in [0.25, 0.3) is 0 Å². The van der Waals surface area contributed by atoms with Gasteiger partial charge in [-0.25, -0.2) is 4.98 Å². The van der Waals surface area contributed by atoms with E-state index in [0.717, 1.165) is 42.4 Å². The van der Waals surface area contributed by atoms with E-state index in [-0.39, 0.29) is 5.54 Å². The van der Waals surface area contributed by atoms with Gasteiger partial charge in [-0.05, 0) is 43.5 Å². The number of fused-ring (bicyclic) bond motifs is 1. The van der Waals surface area contributed by atoms with Gasteiger partial charge in [0, 0.05) is 36.8 Å². The van der Waals surface area contributed by atoms with Gasteiger partial charge < -0.3 is 20.9 Å². The van der Waals surface area contributed by atoms with Crippen LogP contribution >= 0.6 is 0 Å². The zero-order valence-electron chi connectivity index (χ0n) is 15.1. The summed E-state index contributed by atoms with van der Waals surface area (Å²) in [5, 5.41) is 0. The van der Waals surface area contributed by atoms with Gasteiger partial charge in [0.1, 0.15) is 23.9 Å². The van der Waals surface area contributed by atoms with E-state index in [2.05, 4.69) is 9.88 Å². The highest BCUT2D eigenvalue weighted by Crippen LogP contribution is 2.46. The van der Waals surface area contributed by atoms with Crippen molar-refractivity contribution >= 4 is 5.82 Å². The number of anilines is 1. The van der Waals surface area contributed by atoms with Crippen molar-refractivity contribution < 1.29 is 9.47 Å². The Hall–Kier alpha value is -2.31. The Labute approximate surface area is 154 Å². The molecule has 0 amide bonds. The number of hydrogen-bond donors (Lipinski definition) is 2. The van der Waals surface area contributed by atoms with E-state index in [1.165, 1.54) is 6.42 Å². The van der Waals surface area contributed by atoms with Crippen LogP contribution in [0.2, 0.25) is 0 Å². The van der Waals surface area contributed by atoms with Crippen molar-refractivity contribution in [2.24, 2.45) is 11.7 Å². The second-order valence-electron chi connectivity index (χ2n) is 7.26. The zero-order valence-corrected chi connectivity index (χ0v) is 15.1. The topological polar surface area (TPSA) is 86.6 Å². The molecule has 138 valence electrons. The van der Waals surface area contributed by atoms with Crippen molar-refractivity contribution in [1.82, 2.24) is 9.88 Å². The number of likely N-dealkylation sites (tertiary alicyclic amines) is 1. The standard InChI is InChI=1S/C20H26N4O2/c1-2-25-18-10-15(6-7-16(18)17-4-3-5-19(21)23-17)26-9-8-24-12-14-11-20(14,22)13-24/h3-7,10,14H,2,8-9,11-13,22H2,1H3,(H2,21,23). The molecule has 2 fully saturated rings. The first-order valence-corrected chi connectivity index (χ1v) is 9.21. The van der Waals surface area contributed by atoms with Crippen molar-refractivity contribution in [1.29, 1.82) is 0 Å². The Morgan fingerprint density at radius 1 is 1.27 bits per heavy atom. The lowest BCUT2D eigenvalue weighted by Gasteiger charge is -2.19. The van der Waals surface area contributed by atoms with Crippen LogP contribution in [0.15, 0.2) is 36.4 Å². The molecule has 0 radical (unpaired) electrons. The average molecular weight is 354 g/mol. The molecule has 26 heavy (non-hydrogen) atoms. The van der Waals surface area contributed by atoms with Crippen LogP contribution in [0.4, 0.5) is 5.82 Å². The average Bonchev–Trinajstić information content (AvgIpc) is 3.13. The summed E-state index contributed by atoms with van der Waals surface area (Å²) < 4.78 is 11.7. The van der Waals surface area contributed by atoms with E-state index >= 15 is 0 Å². The zero-order chi connectivity index (χ0) is 18.1. The van der Waals surface area contributed by atoms with Gasteiger partial charge >= 0.3 is 0 Å². The lowest BCUT2D eigenvalue weighted by molar-refractivity contribution is 0.221. The third kappa shape index (κ3) is 3.48. The van der Waals surface area contributed by atoms with Crippen LogP contribution in [0.5, 0.6) is 11.5 Å². The van der Waals surface area contributed by atoms with Gasteiger partial charge in [0.2, 0.25) is 0 Å². The molecule has 1 aliphatic carbocycles. The summed E-state index contributed by atoms with van der Waals surface area (Å²) in [5.74, 6) is 2.74. The first-order chi connectivity index (χ1) is 12.6. The number of hydrogen-bond acceptors (Lipinski definition) is 6. The van der Waals surface area contributed by atoms with E-state index < -0.39 is 0 Å². The Bertz CT molecular complexity index is 797. The summed E-state index contributed by atoms with van der Waals surface area (Å²) in [7, 11) is 0. The lowest BCUT2D eigenvalue weighted by Crippen LogP contribution is -2.35. The number of piperidine rings is 1. The van der Waals surface area contributed by atoms with E-state index in [0.29, 0.717) is 24.9 Å². The molecule has 0 bridgehead atoms. The molecule has 1 saturated heterocycles. The predicted molar refractivity (Wildman–Crippen MR) is 102 cm³/mol. The maximum absolute atomic E-state index is 6.25. The summed E-state index contributed by atoms with van der Waals surface area (Å²) in [4.78, 5) is 6.78. The largest absolute Gasteiger partial charge is 0.493 e. The van der Waals surface area contributed by atoms with Crippen molar-refractivity contribution in [3.05, 3.63) is 36.4 Å². The first-order valence-electron chi connectivity index (χ1n) is 9.21. The maximum Gasteiger partial charge on any atom is 0.132 e. The fourth-order valence-electron chi connectivity index (χ4n) is 3.78. The van der Waals surface area contributed by atoms with Gasteiger partial charge in [0.15, 0.2) is 0 Å². The van der Waals surface area contributed by atoms with E-state index in [4.69, 9.17) is 20.9 Å². The highest BCUT2D eigenvalue weighted by molar-refractivity contribution is 5.69. The van der Waals surface area contributed by atoms with Crippen LogP contribution in [0.3, 0.4) is 0 Å². The van der Waals surface area contributed by atoms with Crippen LogP contribution in [0.1, 0.15) is 13.3 Å². The summed E-state index contributed by atoms with van der Waals surface area (Å²) in [6.45, 7) is 6.18. The number of nitrogens with zero attached hydrogens (tertiary/aromatic N) is 2. The fourth-order valence-corrected chi connectivity index (χ4v) is 3.78. The molecule has 2 atom stereocenters. The van der Waals surface area contributed by atoms with E-state index in [9.17, 15) is 0 Å². The summed E-state index contributed by atoms with van der Waals surface area (Å²) in [6, 6.07) is 11.4. The van der Waals surface area contributed by atoms with Crippen molar-refractivity contribution in [2.45, 2.75) is 18.9 Å². The molecular formula is C20H26N4O2. The third-order valence-electron chi connectivity index (χ3n) is 5.25. The Balaban J connectivity index is 1.41. The van der Waals surface area contributed by atoms with Gasteiger partial charge in [0.05, 0.1) is 12.3 Å². The molecule has 1 aliphatic heterocycles. The molecule has 2 aromatic rings. The van der Waals surface area contributed by atoms with E-state index in [1.807, 2.05) is 37.3 Å². The molecule has 2 heterocycles. The van der Waals surface area contributed by atoms with Gasteiger partial charge in [-0.1, -0.05) is 6.07 Å². The number of nitrogens with two attached hydrogens (primary N) is 2. The van der Waals surface area contributed by atoms with Crippen LogP contribution in [0, 0.1) is 5.92 Å². The monoisotopic (exact) mass is 354 g/mol. The number of benzene rings is 1. The van der Waals surface area contributed by atoms with Crippen molar-refractivity contribution in [2.75, 3.05) is 38.6 Å². The number of pyridine rings is 1. The first kappa shape index (κ1) is 17.1. The van der Waals surface area contributed by atoms with Crippen molar-refractivity contribution in [3.63, 3.8) is 0 Å². The Kier molecular flexibility index (Phi) is 4.46. The number of rotatable bonds is 7. The highest BCUT2D eigenvalue weighted by Gasteiger charge is 2.56. The fraction of sp³-hybridized carbons (Fsp3) is 0.450. The number of nitrogen functional groups attached to an aromatic ring is 1. The molecule has 4 N–H and O–H groups in total. The van der Waals surface area contributed by atoms with Gasteiger partial charge in [-0.15, -0.1) is 0 Å². The van der Waals surface area contributed by atoms with E-state index in [1.54, 1.807) is 6.07 Å². The Morgan fingerprint density at radius 3 is 2.88 bits per heavy atom. The van der Waals surface area contributed by atoms with Crippen LogP contribution < -0.4 is 20.9 Å². The van der Waals surface area contributed by atoms with Gasteiger partial charge in [-0.3, -0.25) is 4.90 Å². The normalized spacial score (nSPS) is 24.3. The quantitative estimate of drug-likeness (QED) is 0.792. The van der Waals surface area contributed by atoms with Crippen LogP contribution in [0.25, 0.3) is 11.3 Å². The van der Waals surface area contributed by atoms with Crippen LogP contribution in [-0.4, -0.2) is 48.3 Å². The summed E-state index contributed by atoms with van der Waals surface area (Å²) in [5.41, 5.74) is 13.9. The lowest BCUT2D eigenvalue weighted by atomic mass is 10.1. The molecule has 1 aromatic carbocycles. The number of ether oxygens (including phenoxy) is 2. The van der Waals surface area contributed by atoms with Crippen LogP contribution in [-0.2, 0) is 0 Å². The summed E-state index contributed by atoms with van der Waals surface area (Å²) >= 11 is 0. The minimum atomic E-state index is 0.0916. The molecule has 4 rings (SSSR count). The summed E-state index contributed by atoms with van der Waals surface area (Å²) in [6.07, 6.45) is 1.18. The molecule has 6 nitrogen and oxygen atoms in total. The van der Waals surface area contributed by atoms with Gasteiger partial charge in [-0.2, -0.15) is 0 Å². The third-order valence-corrected chi connectivity index (χ3v) is 5.25. The second-order valence-corrected chi connectivity index (χ2v) is 7.26. The predicted octanol–water partition coefficient (Wildman–Crippen LogP) is 2.14. The maximum atomic E-state index is 6.25. The molecule has 2 unspecified atom stereocenters. The van der Waals surface area contributed by atoms with Crippen molar-refractivity contribution in [3.8, 4) is 22.8 Å². The molecule has 2 aliphatic rings. The highest BCUT2D eigenvalue weighted by atomic mass is 16.5. The molecule has 0 spiro atoms. The minimum absolute atomic E-state index is 0.0916. The SMILES string of the molecule is CCOc1cc(OCCN2CC3CC3(N)C2)ccc1-c1cccc(N)n1.